The summed E-state index contributed by atoms with van der Waals surface area (Å²) in [6.45, 7) is 0.913. The van der Waals surface area contributed by atoms with Gasteiger partial charge in [-0.3, -0.25) is 4.79 Å². The number of nitrogens with zero attached hydrogens (tertiary/aromatic N) is 1. The van der Waals surface area contributed by atoms with E-state index in [4.69, 9.17) is 0 Å². The predicted octanol–water partition coefficient (Wildman–Crippen LogP) is -1.14. The molecule has 1 aliphatic rings. The molecule has 0 aliphatic carbocycles. The molecule has 1 rings (SSSR count). The molecule has 6 nitrogen and oxygen atoms in total. The number of rotatable bonds is 3. The summed E-state index contributed by atoms with van der Waals surface area (Å²) in [6.07, 6.45) is 0. The van der Waals surface area contributed by atoms with Crippen molar-refractivity contribution in [1.82, 2.24) is 14.9 Å². The van der Waals surface area contributed by atoms with Gasteiger partial charge in [0.1, 0.15) is 0 Å². The summed E-state index contributed by atoms with van der Waals surface area (Å²) in [5, 5.41) is 2.95. The van der Waals surface area contributed by atoms with E-state index in [-0.39, 0.29) is 0 Å². The van der Waals surface area contributed by atoms with Crippen LogP contribution in [0.5, 0.6) is 0 Å². The summed E-state index contributed by atoms with van der Waals surface area (Å²) >= 11 is 0. The maximum atomic E-state index is 11.9. The molecule has 1 fully saturated rings. The van der Waals surface area contributed by atoms with Gasteiger partial charge >= 0.3 is 15.5 Å². The second kappa shape index (κ2) is 5.19. The third-order valence-electron chi connectivity index (χ3n) is 2.19. The first kappa shape index (κ1) is 14.2. The summed E-state index contributed by atoms with van der Waals surface area (Å²) < 4.78 is 58.3. The molecular formula is C7H12F3N3O3S. The lowest BCUT2D eigenvalue weighted by Crippen LogP contribution is -2.50. The molecule has 0 atom stereocenters. The Bertz CT molecular complexity index is 376. The quantitative estimate of drug-likeness (QED) is 0.682. The molecule has 1 aliphatic heterocycles. The molecule has 0 saturated carbocycles. The smallest absolute Gasteiger partial charge is 0.339 e. The zero-order chi connectivity index (χ0) is 13.1. The van der Waals surface area contributed by atoms with E-state index in [1.165, 1.54) is 9.62 Å². The summed E-state index contributed by atoms with van der Waals surface area (Å²) in [4.78, 5) is 12.7. The Labute approximate surface area is 96.2 Å². The molecule has 0 aromatic carbocycles. The molecule has 0 radical (unpaired) electrons. The maximum absolute atomic E-state index is 11.9. The van der Waals surface area contributed by atoms with Crippen molar-refractivity contribution in [3.8, 4) is 0 Å². The number of hydrogen-bond donors (Lipinski definition) is 2. The SMILES string of the molecule is O=C(CNS(=O)(=O)C(F)(F)F)N1CCNCC1. The van der Waals surface area contributed by atoms with Crippen molar-refractivity contribution in [3.05, 3.63) is 0 Å². The second-order valence-electron chi connectivity index (χ2n) is 3.40. The van der Waals surface area contributed by atoms with Crippen molar-refractivity contribution in [1.29, 1.82) is 0 Å². The molecule has 0 unspecified atom stereocenters. The highest BCUT2D eigenvalue weighted by Gasteiger charge is 2.45. The van der Waals surface area contributed by atoms with E-state index in [1.54, 1.807) is 0 Å². The Balaban J connectivity index is 2.48. The molecule has 10 heteroatoms. The van der Waals surface area contributed by atoms with Crippen molar-refractivity contribution in [2.75, 3.05) is 32.7 Å². The van der Waals surface area contributed by atoms with Gasteiger partial charge in [-0.15, -0.1) is 0 Å². The van der Waals surface area contributed by atoms with Gasteiger partial charge in [0, 0.05) is 26.2 Å². The highest BCUT2D eigenvalue weighted by atomic mass is 32.2. The lowest BCUT2D eigenvalue weighted by molar-refractivity contribution is -0.130. The van der Waals surface area contributed by atoms with Crippen molar-refractivity contribution < 1.29 is 26.4 Å². The van der Waals surface area contributed by atoms with Gasteiger partial charge in [0.15, 0.2) is 0 Å². The zero-order valence-electron chi connectivity index (χ0n) is 8.75. The third-order valence-corrected chi connectivity index (χ3v) is 3.32. The monoisotopic (exact) mass is 275 g/mol. The van der Waals surface area contributed by atoms with Gasteiger partial charge in [0.25, 0.3) is 0 Å². The van der Waals surface area contributed by atoms with E-state index in [9.17, 15) is 26.4 Å². The second-order valence-corrected chi connectivity index (χ2v) is 5.16. The van der Waals surface area contributed by atoms with Crippen LogP contribution in [0.4, 0.5) is 13.2 Å². The average molecular weight is 275 g/mol. The third kappa shape index (κ3) is 3.82. The fourth-order valence-electron chi connectivity index (χ4n) is 1.26. The molecule has 1 heterocycles. The van der Waals surface area contributed by atoms with Crippen LogP contribution >= 0.6 is 0 Å². The first-order valence-electron chi connectivity index (χ1n) is 4.78. The molecule has 0 bridgehead atoms. The van der Waals surface area contributed by atoms with Gasteiger partial charge in [0.2, 0.25) is 5.91 Å². The zero-order valence-corrected chi connectivity index (χ0v) is 9.57. The molecule has 0 spiro atoms. The maximum Gasteiger partial charge on any atom is 0.511 e. The first-order chi connectivity index (χ1) is 7.74. The van der Waals surface area contributed by atoms with Crippen LogP contribution < -0.4 is 10.0 Å². The minimum absolute atomic E-state index is 0.354. The van der Waals surface area contributed by atoms with Gasteiger partial charge in [-0.05, 0) is 0 Å². The van der Waals surface area contributed by atoms with Crippen molar-refractivity contribution >= 4 is 15.9 Å². The van der Waals surface area contributed by atoms with Gasteiger partial charge < -0.3 is 10.2 Å². The number of piperazine rings is 1. The van der Waals surface area contributed by atoms with Crippen LogP contribution in [0.1, 0.15) is 0 Å². The summed E-state index contributed by atoms with van der Waals surface area (Å²) in [5.74, 6) is -0.667. The number of sulfonamides is 1. The molecule has 0 aromatic heterocycles. The minimum Gasteiger partial charge on any atom is -0.339 e. The number of carbonyl (C=O) groups is 1. The van der Waals surface area contributed by atoms with Crippen molar-refractivity contribution in [2.24, 2.45) is 0 Å². The van der Waals surface area contributed by atoms with Gasteiger partial charge in [0.05, 0.1) is 6.54 Å². The minimum atomic E-state index is -5.44. The van der Waals surface area contributed by atoms with Gasteiger partial charge in [-0.1, -0.05) is 0 Å². The lowest BCUT2D eigenvalue weighted by Gasteiger charge is -2.27. The highest BCUT2D eigenvalue weighted by Crippen LogP contribution is 2.21. The Morgan fingerprint density at radius 1 is 1.29 bits per heavy atom. The molecule has 1 saturated heterocycles. The fraction of sp³-hybridized carbons (Fsp3) is 0.857. The van der Waals surface area contributed by atoms with Crippen LogP contribution in [-0.4, -0.2) is 57.5 Å². The van der Waals surface area contributed by atoms with E-state index in [1.807, 2.05) is 0 Å². The molecule has 2 N–H and O–H groups in total. The number of amides is 1. The van der Waals surface area contributed by atoms with Crippen LogP contribution in [0.15, 0.2) is 0 Å². The Morgan fingerprint density at radius 2 is 1.82 bits per heavy atom. The van der Waals surface area contributed by atoms with Crippen LogP contribution in [-0.2, 0) is 14.8 Å². The van der Waals surface area contributed by atoms with Crippen molar-refractivity contribution in [2.45, 2.75) is 5.51 Å². The summed E-state index contributed by atoms with van der Waals surface area (Å²) in [7, 11) is -5.44. The molecule has 17 heavy (non-hydrogen) atoms. The van der Waals surface area contributed by atoms with Crippen LogP contribution in [0, 0.1) is 0 Å². The topological polar surface area (TPSA) is 78.5 Å². The fourth-order valence-corrected chi connectivity index (χ4v) is 1.74. The first-order valence-corrected chi connectivity index (χ1v) is 6.27. The van der Waals surface area contributed by atoms with Crippen LogP contribution in [0.3, 0.4) is 0 Å². The number of hydrogen-bond acceptors (Lipinski definition) is 4. The van der Waals surface area contributed by atoms with E-state index in [0.717, 1.165) is 0 Å². The Kier molecular flexibility index (Phi) is 4.33. The molecule has 1 amide bonds. The van der Waals surface area contributed by atoms with E-state index in [0.29, 0.717) is 26.2 Å². The average Bonchev–Trinajstić information content (AvgIpc) is 2.25. The van der Waals surface area contributed by atoms with Gasteiger partial charge in [-0.2, -0.15) is 17.9 Å². The summed E-state index contributed by atoms with van der Waals surface area (Å²) in [5.41, 5.74) is -5.39. The van der Waals surface area contributed by atoms with Crippen LogP contribution in [0.25, 0.3) is 0 Å². The Hall–Kier alpha value is -0.870. The van der Waals surface area contributed by atoms with Crippen LogP contribution in [0.2, 0.25) is 0 Å². The number of alkyl halides is 3. The lowest BCUT2D eigenvalue weighted by atomic mass is 10.3. The standard InChI is InChI=1S/C7H12F3N3O3S/c8-7(9,10)17(15,16)12-5-6(14)13-3-1-11-2-4-13/h11-12H,1-5H2. The van der Waals surface area contributed by atoms with Crippen molar-refractivity contribution in [3.63, 3.8) is 0 Å². The van der Waals surface area contributed by atoms with E-state index < -0.39 is 28.0 Å². The largest absolute Gasteiger partial charge is 0.511 e. The number of nitrogens with one attached hydrogen (secondary N) is 2. The molecule has 100 valence electrons. The summed E-state index contributed by atoms with van der Waals surface area (Å²) in [6, 6.07) is 0. The predicted molar refractivity (Wildman–Crippen MR) is 52.4 cm³/mol. The van der Waals surface area contributed by atoms with E-state index >= 15 is 0 Å². The van der Waals surface area contributed by atoms with E-state index in [2.05, 4.69) is 5.32 Å². The highest BCUT2D eigenvalue weighted by molar-refractivity contribution is 7.90. The number of carbonyl (C=O) groups excluding carboxylic acids is 1. The Morgan fingerprint density at radius 3 is 2.29 bits per heavy atom. The van der Waals surface area contributed by atoms with Gasteiger partial charge in [-0.25, -0.2) is 8.42 Å². The molecule has 0 aromatic rings. The molecular weight excluding hydrogens is 263 g/mol. The normalized spacial score (nSPS) is 18.2. The number of halogens is 3.